The van der Waals surface area contributed by atoms with Gasteiger partial charge in [-0.3, -0.25) is 24.7 Å². The van der Waals surface area contributed by atoms with Crippen LogP contribution in [0.3, 0.4) is 0 Å². The number of nitro groups is 1. The summed E-state index contributed by atoms with van der Waals surface area (Å²) in [5.41, 5.74) is 5.00. The molecule has 2 aromatic rings. The molecule has 1 aliphatic heterocycles. The molecule has 0 unspecified atom stereocenters. The van der Waals surface area contributed by atoms with Crippen LogP contribution in [-0.4, -0.2) is 59.1 Å². The zero-order chi connectivity index (χ0) is 21.5. The first-order chi connectivity index (χ1) is 14.4. The van der Waals surface area contributed by atoms with Crippen LogP contribution in [0.1, 0.15) is 18.1 Å². The fraction of sp³-hybridized carbons (Fsp3) is 0.333. The Balaban J connectivity index is 1.44. The van der Waals surface area contributed by atoms with E-state index in [0.717, 1.165) is 43.3 Å². The molecule has 1 saturated heterocycles. The summed E-state index contributed by atoms with van der Waals surface area (Å²) < 4.78 is 0. The minimum atomic E-state index is -0.452. The standard InChI is InChI=1S/C21H24ClN5O3/c1-16(17-6-8-19(9-7-17)27(29)30)23-24-21(28)15-26-12-10-25(11-13-26)14-18-4-2-3-5-20(18)22/h2-9H,10-15H2,1H3,(H,24,28)/b23-16-. The van der Waals surface area contributed by atoms with Gasteiger partial charge in [0.2, 0.25) is 0 Å². The van der Waals surface area contributed by atoms with Crippen LogP contribution in [0.2, 0.25) is 5.02 Å². The largest absolute Gasteiger partial charge is 0.296 e. The number of piperazine rings is 1. The van der Waals surface area contributed by atoms with Crippen molar-refractivity contribution >= 4 is 28.9 Å². The summed E-state index contributed by atoms with van der Waals surface area (Å²) in [5, 5.41) is 15.6. The van der Waals surface area contributed by atoms with E-state index in [4.69, 9.17) is 11.6 Å². The molecule has 8 nitrogen and oxygen atoms in total. The molecule has 3 rings (SSSR count). The maximum atomic E-state index is 12.2. The van der Waals surface area contributed by atoms with Crippen molar-refractivity contribution in [1.29, 1.82) is 0 Å². The molecule has 0 atom stereocenters. The molecule has 1 fully saturated rings. The van der Waals surface area contributed by atoms with E-state index in [1.807, 2.05) is 24.3 Å². The van der Waals surface area contributed by atoms with Crippen LogP contribution in [0.4, 0.5) is 5.69 Å². The number of nitrogens with one attached hydrogen (secondary N) is 1. The smallest absolute Gasteiger partial charge is 0.269 e. The number of non-ortho nitro benzene ring substituents is 1. The summed E-state index contributed by atoms with van der Waals surface area (Å²) >= 11 is 6.23. The number of hydrazone groups is 1. The quantitative estimate of drug-likeness (QED) is 0.415. The zero-order valence-corrected chi connectivity index (χ0v) is 17.5. The van der Waals surface area contributed by atoms with Gasteiger partial charge < -0.3 is 0 Å². The molecular formula is C21H24ClN5O3. The Morgan fingerprint density at radius 1 is 1.10 bits per heavy atom. The van der Waals surface area contributed by atoms with Gasteiger partial charge in [-0.25, -0.2) is 5.43 Å². The van der Waals surface area contributed by atoms with Gasteiger partial charge in [-0.05, 0) is 36.2 Å². The molecule has 30 heavy (non-hydrogen) atoms. The minimum absolute atomic E-state index is 0.0178. The molecule has 1 aliphatic rings. The highest BCUT2D eigenvalue weighted by molar-refractivity contribution is 6.31. The molecule has 158 valence electrons. The molecule has 9 heteroatoms. The van der Waals surface area contributed by atoms with Crippen LogP contribution in [0.25, 0.3) is 0 Å². The van der Waals surface area contributed by atoms with Crippen LogP contribution in [-0.2, 0) is 11.3 Å². The van der Waals surface area contributed by atoms with Gasteiger partial charge >= 0.3 is 0 Å². The second-order valence-corrected chi connectivity index (χ2v) is 7.59. The number of hydrogen-bond donors (Lipinski definition) is 1. The van der Waals surface area contributed by atoms with E-state index < -0.39 is 4.92 Å². The van der Waals surface area contributed by atoms with Gasteiger partial charge in [0.05, 0.1) is 17.2 Å². The number of carbonyl (C=O) groups is 1. The predicted octanol–water partition coefficient (Wildman–Crippen LogP) is 2.91. The topological polar surface area (TPSA) is 91.1 Å². The number of halogens is 1. The van der Waals surface area contributed by atoms with Gasteiger partial charge in [-0.1, -0.05) is 29.8 Å². The highest BCUT2D eigenvalue weighted by Crippen LogP contribution is 2.18. The molecule has 0 aliphatic carbocycles. The predicted molar refractivity (Wildman–Crippen MR) is 117 cm³/mol. The fourth-order valence-corrected chi connectivity index (χ4v) is 3.44. The summed E-state index contributed by atoms with van der Waals surface area (Å²) in [5.74, 6) is -0.184. The van der Waals surface area contributed by atoms with Crippen molar-refractivity contribution in [2.45, 2.75) is 13.5 Å². The molecule has 0 radical (unpaired) electrons. The third-order valence-electron chi connectivity index (χ3n) is 5.03. The SMILES string of the molecule is C/C(=N/NC(=O)CN1CCN(Cc2ccccc2Cl)CC1)c1ccc([N+](=O)[O-])cc1. The van der Waals surface area contributed by atoms with Crippen molar-refractivity contribution in [2.24, 2.45) is 5.10 Å². The number of nitrogens with zero attached hydrogens (tertiary/aromatic N) is 4. The number of rotatable bonds is 7. The normalized spacial score (nSPS) is 15.7. The van der Waals surface area contributed by atoms with Gasteiger partial charge in [0.1, 0.15) is 0 Å². The van der Waals surface area contributed by atoms with Gasteiger partial charge in [0, 0.05) is 49.9 Å². The van der Waals surface area contributed by atoms with Crippen LogP contribution in [0.5, 0.6) is 0 Å². The highest BCUT2D eigenvalue weighted by atomic mass is 35.5. The van der Waals surface area contributed by atoms with Crippen molar-refractivity contribution in [1.82, 2.24) is 15.2 Å². The minimum Gasteiger partial charge on any atom is -0.296 e. The molecule has 0 aromatic heterocycles. The van der Waals surface area contributed by atoms with Crippen molar-refractivity contribution in [3.63, 3.8) is 0 Å². The Hall–Kier alpha value is -2.81. The molecule has 1 amide bonds. The molecule has 1 heterocycles. The van der Waals surface area contributed by atoms with Crippen molar-refractivity contribution in [3.05, 3.63) is 74.8 Å². The third kappa shape index (κ3) is 6.09. The second kappa shape index (κ2) is 10.3. The van der Waals surface area contributed by atoms with E-state index in [1.54, 1.807) is 19.1 Å². The van der Waals surface area contributed by atoms with Gasteiger partial charge in [0.25, 0.3) is 11.6 Å². The molecular weight excluding hydrogens is 406 g/mol. The third-order valence-corrected chi connectivity index (χ3v) is 5.40. The first-order valence-corrected chi connectivity index (χ1v) is 10.1. The number of benzene rings is 2. The average Bonchev–Trinajstić information content (AvgIpc) is 2.75. The summed E-state index contributed by atoms with van der Waals surface area (Å²) in [6.45, 7) is 6.14. The van der Waals surface area contributed by atoms with E-state index in [-0.39, 0.29) is 18.1 Å². The second-order valence-electron chi connectivity index (χ2n) is 7.18. The molecule has 0 saturated carbocycles. The summed E-state index contributed by atoms with van der Waals surface area (Å²) in [6, 6.07) is 13.9. The van der Waals surface area contributed by atoms with Crippen molar-refractivity contribution < 1.29 is 9.72 Å². The van der Waals surface area contributed by atoms with E-state index >= 15 is 0 Å². The Morgan fingerprint density at radius 3 is 2.37 bits per heavy atom. The Kier molecular flexibility index (Phi) is 7.51. The summed E-state index contributed by atoms with van der Waals surface area (Å²) in [4.78, 5) is 26.9. The first-order valence-electron chi connectivity index (χ1n) is 9.68. The molecule has 0 spiro atoms. The molecule has 2 aromatic carbocycles. The van der Waals surface area contributed by atoms with Gasteiger partial charge in [-0.15, -0.1) is 0 Å². The Labute approximate surface area is 180 Å². The van der Waals surface area contributed by atoms with E-state index in [2.05, 4.69) is 20.3 Å². The lowest BCUT2D eigenvalue weighted by Gasteiger charge is -2.34. The first kappa shape index (κ1) is 21.9. The Bertz CT molecular complexity index is 924. The van der Waals surface area contributed by atoms with Crippen LogP contribution >= 0.6 is 11.6 Å². The van der Waals surface area contributed by atoms with Crippen LogP contribution in [0, 0.1) is 10.1 Å². The fourth-order valence-electron chi connectivity index (χ4n) is 3.25. The van der Waals surface area contributed by atoms with E-state index in [0.29, 0.717) is 11.3 Å². The van der Waals surface area contributed by atoms with E-state index in [9.17, 15) is 14.9 Å². The summed E-state index contributed by atoms with van der Waals surface area (Å²) in [6.07, 6.45) is 0. The number of nitro benzene ring substituents is 1. The number of amides is 1. The molecule has 1 N–H and O–H groups in total. The molecule has 0 bridgehead atoms. The Morgan fingerprint density at radius 2 is 1.73 bits per heavy atom. The average molecular weight is 430 g/mol. The number of hydrogen-bond acceptors (Lipinski definition) is 6. The van der Waals surface area contributed by atoms with Crippen LogP contribution in [0.15, 0.2) is 53.6 Å². The van der Waals surface area contributed by atoms with Crippen molar-refractivity contribution in [3.8, 4) is 0 Å². The summed E-state index contributed by atoms with van der Waals surface area (Å²) in [7, 11) is 0. The lowest BCUT2D eigenvalue weighted by Crippen LogP contribution is -2.48. The maximum absolute atomic E-state index is 12.2. The maximum Gasteiger partial charge on any atom is 0.269 e. The monoisotopic (exact) mass is 429 g/mol. The highest BCUT2D eigenvalue weighted by Gasteiger charge is 2.19. The van der Waals surface area contributed by atoms with E-state index in [1.165, 1.54) is 12.1 Å². The number of carbonyl (C=O) groups excluding carboxylic acids is 1. The van der Waals surface area contributed by atoms with Crippen LogP contribution < -0.4 is 5.43 Å². The lowest BCUT2D eigenvalue weighted by molar-refractivity contribution is -0.384. The lowest BCUT2D eigenvalue weighted by atomic mass is 10.1. The van der Waals surface area contributed by atoms with Gasteiger partial charge in [-0.2, -0.15) is 5.10 Å². The van der Waals surface area contributed by atoms with Gasteiger partial charge in [0.15, 0.2) is 0 Å². The zero-order valence-electron chi connectivity index (χ0n) is 16.8. The van der Waals surface area contributed by atoms with Crippen molar-refractivity contribution in [2.75, 3.05) is 32.7 Å².